The van der Waals surface area contributed by atoms with Gasteiger partial charge in [0, 0.05) is 44.7 Å². The van der Waals surface area contributed by atoms with Crippen molar-refractivity contribution in [3.05, 3.63) is 12.3 Å². The molecule has 6 heteroatoms. The van der Waals surface area contributed by atoms with E-state index >= 15 is 0 Å². The van der Waals surface area contributed by atoms with Gasteiger partial charge >= 0.3 is 0 Å². The second kappa shape index (κ2) is 6.55. The van der Waals surface area contributed by atoms with E-state index in [9.17, 15) is 4.79 Å². The van der Waals surface area contributed by atoms with Crippen LogP contribution in [-0.4, -0.2) is 53.9 Å². The van der Waals surface area contributed by atoms with E-state index in [0.29, 0.717) is 13.1 Å². The van der Waals surface area contributed by atoms with Crippen molar-refractivity contribution < 1.29 is 4.79 Å². The van der Waals surface area contributed by atoms with Gasteiger partial charge in [-0.15, -0.1) is 0 Å². The summed E-state index contributed by atoms with van der Waals surface area (Å²) >= 11 is 1.60. The fourth-order valence-electron chi connectivity index (χ4n) is 1.11. The van der Waals surface area contributed by atoms with E-state index in [2.05, 4.69) is 4.99 Å². The maximum atomic E-state index is 11.4. The summed E-state index contributed by atoms with van der Waals surface area (Å²) in [7, 11) is 3.48. The molecule has 0 radical (unpaired) electrons. The Morgan fingerprint density at radius 1 is 1.69 bits per heavy atom. The SMILES string of the molecule is CN(C)C(=O)C[C@@H](N)CSN1C=CC=NC1. The first kappa shape index (κ1) is 13.1. The summed E-state index contributed by atoms with van der Waals surface area (Å²) < 4.78 is 2.00. The number of nitrogens with two attached hydrogens (primary N) is 1. The Morgan fingerprint density at radius 2 is 2.44 bits per heavy atom. The Hall–Kier alpha value is -1.01. The second-order valence-corrected chi connectivity index (χ2v) is 4.84. The third kappa shape index (κ3) is 4.67. The minimum Gasteiger partial charge on any atom is -0.349 e. The molecule has 0 saturated heterocycles. The normalized spacial score (nSPS) is 16.3. The topological polar surface area (TPSA) is 61.9 Å². The highest BCUT2D eigenvalue weighted by Gasteiger charge is 2.12. The average Bonchev–Trinajstić information content (AvgIpc) is 2.27. The first-order valence-electron chi connectivity index (χ1n) is 5.11. The Kier molecular flexibility index (Phi) is 5.34. The van der Waals surface area contributed by atoms with Crippen LogP contribution in [0.2, 0.25) is 0 Å². The molecule has 1 heterocycles. The number of rotatable bonds is 5. The molecule has 0 bridgehead atoms. The van der Waals surface area contributed by atoms with Crippen LogP contribution in [0.1, 0.15) is 6.42 Å². The number of allylic oxidation sites excluding steroid dienone is 1. The number of aliphatic imine (C=N–C) groups is 1. The number of amides is 1. The minimum absolute atomic E-state index is 0.0697. The smallest absolute Gasteiger partial charge is 0.223 e. The van der Waals surface area contributed by atoms with Gasteiger partial charge in [0.25, 0.3) is 0 Å². The van der Waals surface area contributed by atoms with Gasteiger partial charge in [-0.3, -0.25) is 9.79 Å². The van der Waals surface area contributed by atoms with Gasteiger partial charge in [-0.05, 0) is 18.0 Å². The summed E-state index contributed by atoms with van der Waals surface area (Å²) in [5.41, 5.74) is 5.87. The van der Waals surface area contributed by atoms with Gasteiger partial charge in [0.1, 0.15) is 6.67 Å². The van der Waals surface area contributed by atoms with Crippen molar-refractivity contribution in [3.8, 4) is 0 Å². The van der Waals surface area contributed by atoms with Crippen molar-refractivity contribution in [2.75, 3.05) is 26.5 Å². The van der Waals surface area contributed by atoms with Gasteiger partial charge in [-0.2, -0.15) is 0 Å². The highest BCUT2D eigenvalue weighted by atomic mass is 32.2. The van der Waals surface area contributed by atoms with Crippen LogP contribution in [0.25, 0.3) is 0 Å². The van der Waals surface area contributed by atoms with Gasteiger partial charge < -0.3 is 14.9 Å². The molecule has 16 heavy (non-hydrogen) atoms. The maximum Gasteiger partial charge on any atom is 0.223 e. The highest BCUT2D eigenvalue weighted by molar-refractivity contribution is 7.97. The molecule has 0 aromatic heterocycles. The summed E-state index contributed by atoms with van der Waals surface area (Å²) in [6, 6.07) is -0.112. The molecule has 0 fully saturated rings. The molecule has 1 rings (SSSR count). The molecule has 0 spiro atoms. The number of carbonyl (C=O) groups excluding carboxylic acids is 1. The number of hydrogen-bond acceptors (Lipinski definition) is 5. The first-order valence-corrected chi connectivity index (χ1v) is 6.05. The maximum absolute atomic E-state index is 11.4. The summed E-state index contributed by atoms with van der Waals surface area (Å²) in [6.07, 6.45) is 6.00. The lowest BCUT2D eigenvalue weighted by Crippen LogP contribution is -2.33. The first-order chi connectivity index (χ1) is 7.59. The van der Waals surface area contributed by atoms with Gasteiger partial charge in [0.15, 0.2) is 0 Å². The van der Waals surface area contributed by atoms with Crippen molar-refractivity contribution in [2.24, 2.45) is 10.7 Å². The van der Waals surface area contributed by atoms with Crippen LogP contribution in [0.4, 0.5) is 0 Å². The average molecular weight is 242 g/mol. The monoisotopic (exact) mass is 242 g/mol. The molecular weight excluding hydrogens is 224 g/mol. The Balaban J connectivity index is 2.19. The largest absolute Gasteiger partial charge is 0.349 e. The van der Waals surface area contributed by atoms with Crippen molar-refractivity contribution >= 4 is 24.1 Å². The molecule has 90 valence electrons. The van der Waals surface area contributed by atoms with E-state index < -0.39 is 0 Å². The zero-order valence-corrected chi connectivity index (χ0v) is 10.5. The molecule has 2 N–H and O–H groups in total. The quantitative estimate of drug-likeness (QED) is 0.704. The third-order valence-electron chi connectivity index (χ3n) is 2.05. The van der Waals surface area contributed by atoms with E-state index in [1.165, 1.54) is 0 Å². The summed E-state index contributed by atoms with van der Waals surface area (Å²) in [5.74, 6) is 0.791. The standard InChI is InChI=1S/C10H18N4OS/c1-13(2)10(15)6-9(11)7-16-14-5-3-4-12-8-14/h3-5,9H,6-8,11H2,1-2H3/t9-/m1/s1. The lowest BCUT2D eigenvalue weighted by atomic mass is 10.2. The minimum atomic E-state index is -0.112. The molecule has 1 aliphatic heterocycles. The van der Waals surface area contributed by atoms with Gasteiger partial charge in [0.05, 0.1) is 0 Å². The van der Waals surface area contributed by atoms with Crippen molar-refractivity contribution in [1.82, 2.24) is 9.21 Å². The Morgan fingerprint density at radius 3 is 3.00 bits per heavy atom. The zero-order chi connectivity index (χ0) is 12.0. The number of nitrogens with zero attached hydrogens (tertiary/aromatic N) is 3. The lowest BCUT2D eigenvalue weighted by molar-refractivity contribution is -0.128. The molecule has 0 unspecified atom stereocenters. The summed E-state index contributed by atoms with van der Waals surface area (Å²) in [6.45, 7) is 0.648. The fraction of sp³-hybridized carbons (Fsp3) is 0.600. The molecule has 0 saturated carbocycles. The zero-order valence-electron chi connectivity index (χ0n) is 9.67. The molecule has 1 atom stereocenters. The van der Waals surface area contributed by atoms with E-state index in [1.54, 1.807) is 37.2 Å². The predicted octanol–water partition coefficient (Wildman–Crippen LogP) is 0.298. The molecule has 0 aromatic rings. The van der Waals surface area contributed by atoms with Crippen molar-refractivity contribution in [1.29, 1.82) is 0 Å². The molecule has 1 aliphatic rings. The Labute approximate surface area is 101 Å². The molecular formula is C10H18N4OS. The van der Waals surface area contributed by atoms with Crippen molar-refractivity contribution in [2.45, 2.75) is 12.5 Å². The third-order valence-corrected chi connectivity index (χ3v) is 3.20. The second-order valence-electron chi connectivity index (χ2n) is 3.78. The van der Waals surface area contributed by atoms with Gasteiger partial charge in [-0.25, -0.2) is 0 Å². The molecule has 1 amide bonds. The lowest BCUT2D eigenvalue weighted by Gasteiger charge is -2.21. The van der Waals surface area contributed by atoms with Crippen LogP contribution < -0.4 is 5.73 Å². The van der Waals surface area contributed by atoms with E-state index in [1.807, 2.05) is 16.6 Å². The number of carbonyl (C=O) groups is 1. The van der Waals surface area contributed by atoms with Crippen LogP contribution in [0.15, 0.2) is 17.3 Å². The summed E-state index contributed by atoms with van der Waals surface area (Å²) in [5, 5.41) is 0. The molecule has 5 nitrogen and oxygen atoms in total. The van der Waals surface area contributed by atoms with Gasteiger partial charge in [-0.1, -0.05) is 0 Å². The summed E-state index contributed by atoms with van der Waals surface area (Å²) in [4.78, 5) is 17.1. The van der Waals surface area contributed by atoms with Crippen LogP contribution in [0, 0.1) is 0 Å². The number of hydrogen-bond donors (Lipinski definition) is 1. The van der Waals surface area contributed by atoms with Crippen LogP contribution in [0.5, 0.6) is 0 Å². The van der Waals surface area contributed by atoms with Crippen molar-refractivity contribution in [3.63, 3.8) is 0 Å². The van der Waals surface area contributed by atoms with E-state index in [4.69, 9.17) is 5.73 Å². The van der Waals surface area contributed by atoms with Crippen LogP contribution in [-0.2, 0) is 4.79 Å². The van der Waals surface area contributed by atoms with Gasteiger partial charge in [0.2, 0.25) is 5.91 Å². The highest BCUT2D eigenvalue weighted by Crippen LogP contribution is 2.14. The predicted molar refractivity (Wildman–Crippen MR) is 68.1 cm³/mol. The Bertz CT molecular complexity index is 291. The van der Waals surface area contributed by atoms with Crippen LogP contribution in [0.3, 0.4) is 0 Å². The van der Waals surface area contributed by atoms with Crippen LogP contribution >= 0.6 is 11.9 Å². The van der Waals surface area contributed by atoms with E-state index in [-0.39, 0.29) is 11.9 Å². The molecule has 0 aliphatic carbocycles. The van der Waals surface area contributed by atoms with E-state index in [0.717, 1.165) is 5.75 Å². The fourth-order valence-corrected chi connectivity index (χ4v) is 1.92. The molecule has 0 aromatic carbocycles.